The normalized spacial score (nSPS) is 24.0. The van der Waals surface area contributed by atoms with Crippen molar-refractivity contribution >= 4 is 12.4 Å². The molecule has 2 aliphatic heterocycles. The van der Waals surface area contributed by atoms with Crippen molar-refractivity contribution < 1.29 is 0 Å². The molecule has 0 aromatic heterocycles. The summed E-state index contributed by atoms with van der Waals surface area (Å²) in [5.41, 5.74) is 4.30. The van der Waals surface area contributed by atoms with Crippen LogP contribution >= 0.6 is 12.4 Å². The topological polar surface area (TPSA) is 18.5 Å². The highest BCUT2D eigenvalue weighted by atomic mass is 35.5. The molecule has 0 aliphatic carbocycles. The highest BCUT2D eigenvalue weighted by Crippen LogP contribution is 2.20. The summed E-state index contributed by atoms with van der Waals surface area (Å²) < 4.78 is 0. The molecule has 118 valence electrons. The lowest BCUT2D eigenvalue weighted by molar-refractivity contribution is 0.170. The summed E-state index contributed by atoms with van der Waals surface area (Å²) in [6.45, 7) is 12.8. The van der Waals surface area contributed by atoms with Gasteiger partial charge in [-0.15, -0.1) is 12.4 Å². The van der Waals surface area contributed by atoms with Crippen molar-refractivity contribution in [2.75, 3.05) is 39.3 Å². The van der Waals surface area contributed by atoms with Gasteiger partial charge in [0.25, 0.3) is 0 Å². The summed E-state index contributed by atoms with van der Waals surface area (Å²) in [6, 6.07) is 7.64. The van der Waals surface area contributed by atoms with Crippen LogP contribution in [-0.4, -0.2) is 55.1 Å². The first kappa shape index (κ1) is 16.8. The number of rotatable bonds is 3. The van der Waals surface area contributed by atoms with E-state index in [0.717, 1.165) is 25.7 Å². The van der Waals surface area contributed by atoms with Crippen molar-refractivity contribution in [2.24, 2.45) is 0 Å². The van der Waals surface area contributed by atoms with E-state index in [-0.39, 0.29) is 12.4 Å². The average molecular weight is 310 g/mol. The molecule has 1 atom stereocenters. The molecule has 0 saturated carbocycles. The number of likely N-dealkylation sites (tertiary alicyclic amines) is 1. The third-order valence-corrected chi connectivity index (χ3v) is 4.81. The van der Waals surface area contributed by atoms with E-state index in [9.17, 15) is 0 Å². The van der Waals surface area contributed by atoms with Gasteiger partial charge in [0.15, 0.2) is 0 Å². The van der Waals surface area contributed by atoms with Gasteiger partial charge in [-0.2, -0.15) is 0 Å². The van der Waals surface area contributed by atoms with E-state index in [1.165, 1.54) is 49.3 Å². The molecule has 21 heavy (non-hydrogen) atoms. The monoisotopic (exact) mass is 309 g/mol. The van der Waals surface area contributed by atoms with Gasteiger partial charge >= 0.3 is 0 Å². The minimum atomic E-state index is 0. The number of halogens is 1. The maximum absolute atomic E-state index is 3.45. The molecular weight excluding hydrogens is 282 g/mol. The molecule has 0 amide bonds. The second-order valence-electron chi connectivity index (χ2n) is 6.39. The zero-order valence-corrected chi connectivity index (χ0v) is 14.1. The highest BCUT2D eigenvalue weighted by molar-refractivity contribution is 5.85. The molecule has 2 saturated heterocycles. The van der Waals surface area contributed by atoms with E-state index in [0.29, 0.717) is 0 Å². The van der Waals surface area contributed by atoms with Gasteiger partial charge in [-0.1, -0.05) is 23.8 Å². The van der Waals surface area contributed by atoms with Crippen LogP contribution in [0.15, 0.2) is 18.2 Å². The molecule has 1 aromatic rings. The zero-order chi connectivity index (χ0) is 13.9. The predicted molar refractivity (Wildman–Crippen MR) is 91.3 cm³/mol. The summed E-state index contributed by atoms with van der Waals surface area (Å²) >= 11 is 0. The van der Waals surface area contributed by atoms with Gasteiger partial charge in [0.2, 0.25) is 0 Å². The van der Waals surface area contributed by atoms with E-state index >= 15 is 0 Å². The fourth-order valence-electron chi connectivity index (χ4n) is 3.57. The van der Waals surface area contributed by atoms with E-state index in [2.05, 4.69) is 47.2 Å². The summed E-state index contributed by atoms with van der Waals surface area (Å²) in [4.78, 5) is 5.31. The smallest absolute Gasteiger partial charge is 0.0237 e. The number of benzene rings is 1. The molecule has 2 aliphatic rings. The summed E-state index contributed by atoms with van der Waals surface area (Å²) in [5, 5.41) is 3.45. The Labute approximate surface area is 135 Å². The molecule has 1 N–H and O–H groups in total. The van der Waals surface area contributed by atoms with Gasteiger partial charge in [-0.3, -0.25) is 9.80 Å². The van der Waals surface area contributed by atoms with Gasteiger partial charge < -0.3 is 5.32 Å². The van der Waals surface area contributed by atoms with Gasteiger partial charge in [-0.05, 0) is 31.4 Å². The summed E-state index contributed by atoms with van der Waals surface area (Å²) in [6.07, 6.45) is 1.34. The van der Waals surface area contributed by atoms with Crippen LogP contribution in [0, 0.1) is 13.8 Å². The SMILES string of the molecule is Cc1ccc(CN2CCC(N3CCNCC3)C2)c(C)c1.Cl. The van der Waals surface area contributed by atoms with Crippen molar-refractivity contribution in [3.63, 3.8) is 0 Å². The minimum absolute atomic E-state index is 0. The first-order chi connectivity index (χ1) is 9.72. The molecule has 3 nitrogen and oxygen atoms in total. The van der Waals surface area contributed by atoms with Gasteiger partial charge in [0.1, 0.15) is 0 Å². The molecular formula is C17H28ClN3. The highest BCUT2D eigenvalue weighted by Gasteiger charge is 2.28. The standard InChI is InChI=1S/C17H27N3.ClH/c1-14-3-4-16(15(2)11-14)12-19-8-5-17(13-19)20-9-6-18-7-10-20;/h3-4,11,17-18H,5-10,12-13H2,1-2H3;1H. The Morgan fingerprint density at radius 3 is 2.62 bits per heavy atom. The van der Waals surface area contributed by atoms with Crippen LogP contribution in [0.5, 0.6) is 0 Å². The second kappa shape index (κ2) is 7.59. The number of hydrogen-bond donors (Lipinski definition) is 1. The van der Waals surface area contributed by atoms with E-state index in [4.69, 9.17) is 0 Å². The molecule has 0 spiro atoms. The van der Waals surface area contributed by atoms with E-state index in [1.807, 2.05) is 0 Å². The average Bonchev–Trinajstić information content (AvgIpc) is 2.92. The largest absolute Gasteiger partial charge is 0.314 e. The van der Waals surface area contributed by atoms with Gasteiger partial charge in [-0.25, -0.2) is 0 Å². The van der Waals surface area contributed by atoms with Crippen LogP contribution in [0.1, 0.15) is 23.1 Å². The maximum atomic E-state index is 3.45. The van der Waals surface area contributed by atoms with E-state index in [1.54, 1.807) is 0 Å². The molecule has 4 heteroatoms. The Morgan fingerprint density at radius 2 is 1.90 bits per heavy atom. The Bertz CT molecular complexity index is 457. The number of hydrogen-bond acceptors (Lipinski definition) is 3. The molecule has 0 bridgehead atoms. The molecule has 0 radical (unpaired) electrons. The van der Waals surface area contributed by atoms with E-state index < -0.39 is 0 Å². The Morgan fingerprint density at radius 1 is 1.14 bits per heavy atom. The van der Waals surface area contributed by atoms with Crippen LogP contribution in [0.4, 0.5) is 0 Å². The number of nitrogens with zero attached hydrogens (tertiary/aromatic N) is 2. The van der Waals surface area contributed by atoms with Crippen LogP contribution < -0.4 is 5.32 Å². The maximum Gasteiger partial charge on any atom is 0.0237 e. The van der Waals surface area contributed by atoms with Crippen LogP contribution in [-0.2, 0) is 6.54 Å². The molecule has 2 heterocycles. The minimum Gasteiger partial charge on any atom is -0.314 e. The fourth-order valence-corrected chi connectivity index (χ4v) is 3.57. The Kier molecular flexibility index (Phi) is 6.06. The van der Waals surface area contributed by atoms with Crippen molar-refractivity contribution in [3.8, 4) is 0 Å². The van der Waals surface area contributed by atoms with Crippen LogP contribution in [0.2, 0.25) is 0 Å². The van der Waals surface area contributed by atoms with Crippen molar-refractivity contribution in [1.29, 1.82) is 0 Å². The predicted octanol–water partition coefficient (Wildman–Crippen LogP) is 2.20. The summed E-state index contributed by atoms with van der Waals surface area (Å²) in [5.74, 6) is 0. The van der Waals surface area contributed by atoms with Crippen molar-refractivity contribution in [3.05, 3.63) is 34.9 Å². The van der Waals surface area contributed by atoms with Crippen LogP contribution in [0.25, 0.3) is 0 Å². The third-order valence-electron chi connectivity index (χ3n) is 4.81. The Hall–Kier alpha value is -0.610. The first-order valence-corrected chi connectivity index (χ1v) is 7.95. The second-order valence-corrected chi connectivity index (χ2v) is 6.39. The van der Waals surface area contributed by atoms with Crippen LogP contribution in [0.3, 0.4) is 0 Å². The molecule has 2 fully saturated rings. The number of nitrogens with one attached hydrogen (secondary N) is 1. The number of piperazine rings is 1. The Balaban J connectivity index is 0.00000161. The van der Waals surface area contributed by atoms with Crippen molar-refractivity contribution in [1.82, 2.24) is 15.1 Å². The summed E-state index contributed by atoms with van der Waals surface area (Å²) in [7, 11) is 0. The lowest BCUT2D eigenvalue weighted by atomic mass is 10.1. The fraction of sp³-hybridized carbons (Fsp3) is 0.647. The quantitative estimate of drug-likeness (QED) is 0.923. The van der Waals surface area contributed by atoms with Crippen molar-refractivity contribution in [2.45, 2.75) is 32.9 Å². The molecule has 1 aromatic carbocycles. The third kappa shape index (κ3) is 4.19. The first-order valence-electron chi connectivity index (χ1n) is 7.95. The number of aryl methyl sites for hydroxylation is 2. The molecule has 1 unspecified atom stereocenters. The van der Waals surface area contributed by atoms with Gasteiger partial charge in [0.05, 0.1) is 0 Å². The van der Waals surface area contributed by atoms with Gasteiger partial charge in [0, 0.05) is 51.9 Å². The lowest BCUT2D eigenvalue weighted by Gasteiger charge is -2.32. The molecule has 3 rings (SSSR count). The lowest BCUT2D eigenvalue weighted by Crippen LogP contribution is -2.49. The zero-order valence-electron chi connectivity index (χ0n) is 13.3.